The first-order valence-corrected chi connectivity index (χ1v) is 13.6. The monoisotopic (exact) mass is 480 g/mol. The molecule has 0 aliphatic carbocycles. The van der Waals surface area contributed by atoms with Crippen molar-refractivity contribution in [2.24, 2.45) is 0 Å². The lowest BCUT2D eigenvalue weighted by Gasteiger charge is -2.28. The first-order chi connectivity index (χ1) is 15.5. The van der Waals surface area contributed by atoms with E-state index in [0.717, 1.165) is 18.9 Å². The molecule has 0 heterocycles. The topological polar surface area (TPSA) is 114 Å². The summed E-state index contributed by atoms with van der Waals surface area (Å²) in [5, 5.41) is 5.51. The number of hydrogen-bond acceptors (Lipinski definition) is 8. The zero-order valence-corrected chi connectivity index (χ0v) is 21.4. The molecular formula is C21H44N2O8Si. The van der Waals surface area contributed by atoms with Crippen LogP contribution in [0.1, 0.15) is 47.0 Å². The second kappa shape index (κ2) is 21.7. The van der Waals surface area contributed by atoms with E-state index in [1.54, 1.807) is 0 Å². The third-order valence-corrected chi connectivity index (χ3v) is 7.31. The Labute approximate surface area is 194 Å². The molecular weight excluding hydrogens is 436 g/mol. The van der Waals surface area contributed by atoms with Gasteiger partial charge < -0.3 is 38.1 Å². The Morgan fingerprint density at radius 1 is 0.688 bits per heavy atom. The number of nitrogens with one attached hydrogen (secondary N) is 2. The number of rotatable bonds is 23. The molecule has 0 aromatic carbocycles. The zero-order valence-electron chi connectivity index (χ0n) is 20.4. The van der Waals surface area contributed by atoms with Gasteiger partial charge in [0.2, 0.25) is 11.8 Å². The molecule has 0 aromatic rings. The Morgan fingerprint density at radius 2 is 1.16 bits per heavy atom. The summed E-state index contributed by atoms with van der Waals surface area (Å²) in [6.45, 7) is 12.7. The van der Waals surface area contributed by atoms with Crippen LogP contribution in [0.5, 0.6) is 0 Å². The van der Waals surface area contributed by atoms with Gasteiger partial charge in [-0.25, -0.2) is 0 Å². The second-order valence-corrected chi connectivity index (χ2v) is 9.59. The van der Waals surface area contributed by atoms with Crippen molar-refractivity contribution in [3.8, 4) is 0 Å². The molecule has 2 N–H and O–H groups in total. The minimum Gasteiger partial charge on any atom is -0.377 e. The summed E-state index contributed by atoms with van der Waals surface area (Å²) in [5.74, 6) is -0.0546. The van der Waals surface area contributed by atoms with Gasteiger partial charge >= 0.3 is 8.80 Å². The van der Waals surface area contributed by atoms with E-state index in [0.29, 0.717) is 79.0 Å². The summed E-state index contributed by atoms with van der Waals surface area (Å²) in [4.78, 5) is 22.6. The molecule has 0 unspecified atom stereocenters. The highest BCUT2D eigenvalue weighted by Gasteiger charge is 2.39. The highest BCUT2D eigenvalue weighted by atomic mass is 28.4. The normalized spacial score (nSPS) is 11.5. The van der Waals surface area contributed by atoms with Crippen LogP contribution >= 0.6 is 0 Å². The SMILES string of the molecule is CCO[Si](CCCCC(=O)NCCOCCOCCOCCNC(C)=O)(OCC)OCC. The number of carbonyl (C=O) groups is 2. The lowest BCUT2D eigenvalue weighted by Crippen LogP contribution is -2.45. The van der Waals surface area contributed by atoms with Crippen LogP contribution in [0.15, 0.2) is 0 Å². The highest BCUT2D eigenvalue weighted by molar-refractivity contribution is 6.60. The lowest BCUT2D eigenvalue weighted by atomic mass is 10.2. The summed E-state index contributed by atoms with van der Waals surface area (Å²) >= 11 is 0. The molecule has 190 valence electrons. The summed E-state index contributed by atoms with van der Waals surface area (Å²) < 4.78 is 33.6. The summed E-state index contributed by atoms with van der Waals surface area (Å²) in [7, 11) is -2.62. The molecule has 0 saturated heterocycles. The fourth-order valence-electron chi connectivity index (χ4n) is 2.82. The van der Waals surface area contributed by atoms with Crippen LogP contribution in [0, 0.1) is 0 Å². The third kappa shape index (κ3) is 18.5. The van der Waals surface area contributed by atoms with Crippen LogP contribution in [-0.2, 0) is 37.1 Å². The molecule has 32 heavy (non-hydrogen) atoms. The van der Waals surface area contributed by atoms with Gasteiger partial charge in [0.05, 0.1) is 39.6 Å². The number of hydrogen-bond donors (Lipinski definition) is 2. The van der Waals surface area contributed by atoms with Crippen LogP contribution in [0.2, 0.25) is 6.04 Å². The smallest absolute Gasteiger partial charge is 0.377 e. The molecule has 11 heteroatoms. The Balaban J connectivity index is 3.59. The molecule has 0 saturated carbocycles. The van der Waals surface area contributed by atoms with Gasteiger partial charge in [0.1, 0.15) is 0 Å². The Bertz CT molecular complexity index is 454. The fourth-order valence-corrected chi connectivity index (χ4v) is 5.51. The maximum atomic E-state index is 12.0. The largest absolute Gasteiger partial charge is 0.500 e. The molecule has 2 amide bonds. The number of carbonyl (C=O) groups excluding carboxylic acids is 2. The lowest BCUT2D eigenvalue weighted by molar-refractivity contribution is -0.121. The van der Waals surface area contributed by atoms with Gasteiger partial charge in [-0.1, -0.05) is 0 Å². The maximum Gasteiger partial charge on any atom is 0.500 e. The van der Waals surface area contributed by atoms with Gasteiger partial charge in [-0.05, 0) is 33.6 Å². The van der Waals surface area contributed by atoms with Crippen molar-refractivity contribution in [3.63, 3.8) is 0 Å². The van der Waals surface area contributed by atoms with Gasteiger partial charge in [-0.15, -0.1) is 0 Å². The van der Waals surface area contributed by atoms with Gasteiger partial charge in [-0.2, -0.15) is 0 Å². The average Bonchev–Trinajstić information content (AvgIpc) is 2.75. The number of amides is 2. The van der Waals surface area contributed by atoms with Crippen molar-refractivity contribution in [2.75, 3.05) is 72.6 Å². The predicted octanol–water partition coefficient (Wildman–Crippen LogP) is 1.51. The van der Waals surface area contributed by atoms with Crippen LogP contribution < -0.4 is 10.6 Å². The number of unbranched alkanes of at least 4 members (excludes halogenated alkanes) is 1. The maximum absolute atomic E-state index is 12.0. The van der Waals surface area contributed by atoms with Gasteiger partial charge in [0.15, 0.2) is 0 Å². The van der Waals surface area contributed by atoms with E-state index in [-0.39, 0.29) is 11.8 Å². The molecule has 0 spiro atoms. The van der Waals surface area contributed by atoms with Crippen molar-refractivity contribution in [1.29, 1.82) is 0 Å². The van der Waals surface area contributed by atoms with E-state index >= 15 is 0 Å². The van der Waals surface area contributed by atoms with Crippen molar-refractivity contribution in [3.05, 3.63) is 0 Å². The van der Waals surface area contributed by atoms with E-state index in [9.17, 15) is 9.59 Å². The number of ether oxygens (including phenoxy) is 3. The molecule has 0 aliphatic rings. The van der Waals surface area contributed by atoms with Crippen molar-refractivity contribution in [1.82, 2.24) is 10.6 Å². The Kier molecular flexibility index (Phi) is 21.0. The minimum atomic E-state index is -2.62. The molecule has 10 nitrogen and oxygen atoms in total. The fraction of sp³-hybridized carbons (Fsp3) is 0.905. The standard InChI is InChI=1S/C21H44N2O8Si/c1-5-29-32(30-6-2,31-7-3)19-9-8-10-21(25)23-12-14-27-16-18-28-17-15-26-13-11-22-20(4)24/h5-19H2,1-4H3,(H,22,24)(H,23,25). The van der Waals surface area contributed by atoms with Crippen molar-refractivity contribution < 1.29 is 37.1 Å². The van der Waals surface area contributed by atoms with Gasteiger partial charge in [-0.3, -0.25) is 9.59 Å². The predicted molar refractivity (Wildman–Crippen MR) is 123 cm³/mol. The molecule has 0 atom stereocenters. The van der Waals surface area contributed by atoms with Crippen LogP contribution in [-0.4, -0.2) is 93.2 Å². The first-order valence-electron chi connectivity index (χ1n) is 11.7. The van der Waals surface area contributed by atoms with Gasteiger partial charge in [0, 0.05) is 52.3 Å². The molecule has 0 radical (unpaired) electrons. The molecule has 0 bridgehead atoms. The first kappa shape index (κ1) is 30.9. The van der Waals surface area contributed by atoms with Crippen LogP contribution in [0.4, 0.5) is 0 Å². The van der Waals surface area contributed by atoms with E-state index < -0.39 is 8.80 Å². The van der Waals surface area contributed by atoms with Crippen molar-refractivity contribution in [2.45, 2.75) is 53.0 Å². The molecule has 0 rings (SSSR count). The summed E-state index contributed by atoms with van der Waals surface area (Å²) in [6.07, 6.45) is 2.04. The Morgan fingerprint density at radius 3 is 1.62 bits per heavy atom. The van der Waals surface area contributed by atoms with Crippen molar-refractivity contribution >= 4 is 20.6 Å². The molecule has 0 fully saturated rings. The van der Waals surface area contributed by atoms with Crippen LogP contribution in [0.25, 0.3) is 0 Å². The summed E-state index contributed by atoms with van der Waals surface area (Å²) in [5.41, 5.74) is 0. The second-order valence-electron chi connectivity index (χ2n) is 6.86. The average molecular weight is 481 g/mol. The van der Waals surface area contributed by atoms with E-state index in [1.807, 2.05) is 20.8 Å². The third-order valence-electron chi connectivity index (χ3n) is 4.16. The minimum absolute atomic E-state index is 0.0118. The quantitative estimate of drug-likeness (QED) is 0.167. The van der Waals surface area contributed by atoms with E-state index in [4.69, 9.17) is 27.5 Å². The van der Waals surface area contributed by atoms with E-state index in [2.05, 4.69) is 10.6 Å². The molecule has 0 aliphatic heterocycles. The summed E-state index contributed by atoms with van der Waals surface area (Å²) in [6, 6.07) is 0.721. The van der Waals surface area contributed by atoms with Crippen LogP contribution in [0.3, 0.4) is 0 Å². The zero-order chi connectivity index (χ0) is 23.9. The Hall–Kier alpha value is -1.08. The van der Waals surface area contributed by atoms with E-state index in [1.165, 1.54) is 6.92 Å². The van der Waals surface area contributed by atoms with Gasteiger partial charge in [0.25, 0.3) is 0 Å². The highest BCUT2D eigenvalue weighted by Crippen LogP contribution is 2.19. The molecule has 0 aromatic heterocycles.